The molecule has 2 amide bonds. The van der Waals surface area contributed by atoms with Crippen LogP contribution in [0.4, 0.5) is 5.82 Å². The topological polar surface area (TPSA) is 85.2 Å². The molecule has 2 N–H and O–H groups in total. The van der Waals surface area contributed by atoms with Gasteiger partial charge in [-0.2, -0.15) is 5.10 Å². The number of hydrogen-bond donors (Lipinski definition) is 2. The van der Waals surface area contributed by atoms with Gasteiger partial charge in [-0.05, 0) is 24.6 Å². The number of hydrogen-bond acceptors (Lipinski definition) is 4. The quantitative estimate of drug-likeness (QED) is 0.890. The van der Waals surface area contributed by atoms with E-state index in [2.05, 4.69) is 15.7 Å². The predicted octanol–water partition coefficient (Wildman–Crippen LogP) is 1.48. The molecule has 0 radical (unpaired) electrons. The molecule has 2 heterocycles. The Morgan fingerprint density at radius 3 is 2.67 bits per heavy atom. The normalized spacial score (nSPS) is 16.8. The molecule has 2 aromatic rings. The number of aromatic nitrogens is 2. The molecule has 0 aliphatic carbocycles. The average molecular weight is 328 g/mol. The smallest absolute Gasteiger partial charge is 0.230 e. The van der Waals surface area contributed by atoms with E-state index in [4.69, 9.17) is 4.74 Å². The molecule has 1 aromatic heterocycles. The number of aryl methyl sites for hydroxylation is 2. The lowest BCUT2D eigenvalue weighted by molar-refractivity contribution is -0.123. The third-order valence-electron chi connectivity index (χ3n) is 4.19. The lowest BCUT2D eigenvalue weighted by Gasteiger charge is -2.12. The predicted molar refractivity (Wildman–Crippen MR) is 89.7 cm³/mol. The van der Waals surface area contributed by atoms with E-state index in [1.54, 1.807) is 18.8 Å². The van der Waals surface area contributed by atoms with Crippen molar-refractivity contribution in [1.29, 1.82) is 0 Å². The first-order valence-corrected chi connectivity index (χ1v) is 7.75. The minimum absolute atomic E-state index is 0.0910. The summed E-state index contributed by atoms with van der Waals surface area (Å²) in [6.07, 6.45) is 0.223. The van der Waals surface area contributed by atoms with E-state index in [1.807, 2.05) is 31.2 Å². The Bertz CT molecular complexity index is 780. The molecule has 1 unspecified atom stereocenters. The highest BCUT2D eigenvalue weighted by Gasteiger charge is 2.29. The number of nitrogens with zero attached hydrogens (tertiary/aromatic N) is 2. The highest BCUT2D eigenvalue weighted by Crippen LogP contribution is 2.32. The van der Waals surface area contributed by atoms with Crippen LogP contribution in [0.5, 0.6) is 5.75 Å². The lowest BCUT2D eigenvalue weighted by atomic mass is 10.0. The molecular formula is C17H20N4O3. The molecule has 1 aliphatic heterocycles. The SMILES string of the molecule is COc1ccc(-c2c(C)nn(C)c2NC(=O)C2CNC(=O)C2)cc1. The molecule has 1 aromatic carbocycles. The molecular weight excluding hydrogens is 308 g/mol. The van der Waals surface area contributed by atoms with Gasteiger partial charge in [0, 0.05) is 25.6 Å². The van der Waals surface area contributed by atoms with E-state index in [0.29, 0.717) is 12.4 Å². The van der Waals surface area contributed by atoms with Crippen LogP contribution in [-0.4, -0.2) is 35.2 Å². The van der Waals surface area contributed by atoms with Crippen molar-refractivity contribution < 1.29 is 14.3 Å². The highest BCUT2D eigenvalue weighted by molar-refractivity contribution is 5.99. The molecule has 0 saturated carbocycles. The fraction of sp³-hybridized carbons (Fsp3) is 0.353. The number of benzene rings is 1. The van der Waals surface area contributed by atoms with E-state index >= 15 is 0 Å². The Balaban J connectivity index is 1.90. The van der Waals surface area contributed by atoms with Gasteiger partial charge >= 0.3 is 0 Å². The lowest BCUT2D eigenvalue weighted by Crippen LogP contribution is -2.26. The maximum Gasteiger partial charge on any atom is 0.230 e. The number of methoxy groups -OCH3 is 1. The largest absolute Gasteiger partial charge is 0.497 e. The van der Waals surface area contributed by atoms with Crippen molar-refractivity contribution in [3.8, 4) is 16.9 Å². The van der Waals surface area contributed by atoms with Gasteiger partial charge in [0.05, 0.1) is 18.7 Å². The Hall–Kier alpha value is -2.83. The zero-order valence-electron chi connectivity index (χ0n) is 13.9. The summed E-state index contributed by atoms with van der Waals surface area (Å²) in [5.41, 5.74) is 2.63. The number of carbonyl (C=O) groups is 2. The highest BCUT2D eigenvalue weighted by atomic mass is 16.5. The number of nitrogens with one attached hydrogen (secondary N) is 2. The van der Waals surface area contributed by atoms with E-state index in [9.17, 15) is 9.59 Å². The van der Waals surface area contributed by atoms with Gasteiger partial charge in [-0.15, -0.1) is 0 Å². The Kier molecular flexibility index (Phi) is 4.24. The zero-order valence-corrected chi connectivity index (χ0v) is 13.9. The van der Waals surface area contributed by atoms with Crippen LogP contribution in [0.3, 0.4) is 0 Å². The summed E-state index contributed by atoms with van der Waals surface area (Å²) in [6, 6.07) is 7.60. The summed E-state index contributed by atoms with van der Waals surface area (Å²) >= 11 is 0. The summed E-state index contributed by atoms with van der Waals surface area (Å²) in [7, 11) is 3.40. The molecule has 0 spiro atoms. The first-order valence-electron chi connectivity index (χ1n) is 7.75. The molecule has 7 heteroatoms. The van der Waals surface area contributed by atoms with Crippen molar-refractivity contribution in [2.45, 2.75) is 13.3 Å². The van der Waals surface area contributed by atoms with E-state index in [-0.39, 0.29) is 24.2 Å². The molecule has 1 atom stereocenters. The number of amides is 2. The van der Waals surface area contributed by atoms with Gasteiger partial charge < -0.3 is 15.4 Å². The third kappa shape index (κ3) is 2.97. The molecule has 24 heavy (non-hydrogen) atoms. The van der Waals surface area contributed by atoms with Crippen LogP contribution in [0.1, 0.15) is 12.1 Å². The van der Waals surface area contributed by atoms with E-state index in [1.165, 1.54) is 0 Å². The van der Waals surface area contributed by atoms with Gasteiger partial charge in [0.2, 0.25) is 11.8 Å². The monoisotopic (exact) mass is 328 g/mol. The number of rotatable bonds is 4. The molecule has 3 rings (SSSR count). The van der Waals surface area contributed by atoms with Crippen molar-refractivity contribution in [2.75, 3.05) is 19.0 Å². The van der Waals surface area contributed by atoms with Crippen LogP contribution in [0.25, 0.3) is 11.1 Å². The molecule has 0 bridgehead atoms. The van der Waals surface area contributed by atoms with Crippen LogP contribution < -0.4 is 15.4 Å². The molecule has 126 valence electrons. The van der Waals surface area contributed by atoms with Crippen LogP contribution in [0.15, 0.2) is 24.3 Å². The van der Waals surface area contributed by atoms with Crippen molar-refractivity contribution in [3.63, 3.8) is 0 Å². The minimum atomic E-state index is -0.351. The second kappa shape index (κ2) is 6.35. The minimum Gasteiger partial charge on any atom is -0.497 e. The Labute approximate surface area is 140 Å². The maximum atomic E-state index is 12.4. The molecule has 1 aliphatic rings. The van der Waals surface area contributed by atoms with Crippen molar-refractivity contribution in [3.05, 3.63) is 30.0 Å². The number of carbonyl (C=O) groups excluding carboxylic acids is 2. The summed E-state index contributed by atoms with van der Waals surface area (Å²) in [5, 5.41) is 10.0. The van der Waals surface area contributed by atoms with Gasteiger partial charge in [0.15, 0.2) is 0 Å². The van der Waals surface area contributed by atoms with Gasteiger partial charge in [-0.3, -0.25) is 14.3 Å². The average Bonchev–Trinajstić information content (AvgIpc) is 3.11. The van der Waals surface area contributed by atoms with Crippen molar-refractivity contribution in [2.24, 2.45) is 13.0 Å². The zero-order chi connectivity index (χ0) is 17.3. The summed E-state index contributed by atoms with van der Waals surface area (Å²) < 4.78 is 6.83. The van der Waals surface area contributed by atoms with Gasteiger partial charge in [0.25, 0.3) is 0 Å². The van der Waals surface area contributed by atoms with Gasteiger partial charge in [-0.25, -0.2) is 0 Å². The Morgan fingerprint density at radius 1 is 1.38 bits per heavy atom. The number of ether oxygens (including phenoxy) is 1. The van der Waals surface area contributed by atoms with Gasteiger partial charge in [-0.1, -0.05) is 12.1 Å². The van der Waals surface area contributed by atoms with Crippen LogP contribution in [-0.2, 0) is 16.6 Å². The first kappa shape index (κ1) is 16.0. The standard InChI is InChI=1S/C17H20N4O3/c1-10-15(11-4-6-13(24-3)7-5-11)16(21(2)20-10)19-17(23)12-8-14(22)18-9-12/h4-7,12H,8-9H2,1-3H3,(H,18,22)(H,19,23). The molecule has 7 nitrogen and oxygen atoms in total. The number of anilines is 1. The second-order valence-electron chi connectivity index (χ2n) is 5.86. The van der Waals surface area contributed by atoms with E-state index in [0.717, 1.165) is 22.6 Å². The van der Waals surface area contributed by atoms with Crippen LogP contribution in [0, 0.1) is 12.8 Å². The van der Waals surface area contributed by atoms with Crippen LogP contribution in [0.2, 0.25) is 0 Å². The fourth-order valence-corrected chi connectivity index (χ4v) is 2.91. The van der Waals surface area contributed by atoms with Gasteiger partial charge in [0.1, 0.15) is 11.6 Å². The summed E-state index contributed by atoms with van der Waals surface area (Å²) in [4.78, 5) is 23.8. The Morgan fingerprint density at radius 2 is 2.08 bits per heavy atom. The van der Waals surface area contributed by atoms with E-state index < -0.39 is 0 Å². The third-order valence-corrected chi connectivity index (χ3v) is 4.19. The summed E-state index contributed by atoms with van der Waals surface area (Å²) in [6.45, 7) is 2.27. The first-order chi connectivity index (χ1) is 11.5. The maximum absolute atomic E-state index is 12.4. The summed E-state index contributed by atoms with van der Waals surface area (Å²) in [5.74, 6) is 0.776. The van der Waals surface area contributed by atoms with Crippen molar-refractivity contribution >= 4 is 17.6 Å². The molecule has 1 fully saturated rings. The second-order valence-corrected chi connectivity index (χ2v) is 5.86. The molecule has 1 saturated heterocycles. The van der Waals surface area contributed by atoms with Crippen LogP contribution >= 0.6 is 0 Å². The fourth-order valence-electron chi connectivity index (χ4n) is 2.91. The van der Waals surface area contributed by atoms with Crippen molar-refractivity contribution in [1.82, 2.24) is 15.1 Å².